The Morgan fingerprint density at radius 3 is 2.54 bits per heavy atom. The van der Waals surface area contributed by atoms with Gasteiger partial charge in [0.25, 0.3) is 0 Å². The van der Waals surface area contributed by atoms with Crippen LogP contribution >= 0.6 is 11.6 Å². The largest absolute Gasteiger partial charge is 0.361 e. The zero-order valence-electron chi connectivity index (χ0n) is 28.3. The fourth-order valence-electron chi connectivity index (χ4n) is 7.37. The van der Waals surface area contributed by atoms with Crippen LogP contribution in [0.2, 0.25) is 5.02 Å². The van der Waals surface area contributed by atoms with Crippen LogP contribution in [0.25, 0.3) is 16.5 Å². The summed E-state index contributed by atoms with van der Waals surface area (Å²) in [5.74, 6) is 1.03. The highest BCUT2D eigenvalue weighted by atomic mass is 35.5. The summed E-state index contributed by atoms with van der Waals surface area (Å²) in [6, 6.07) is 21.1. The second-order valence-corrected chi connectivity index (χ2v) is 13.5. The smallest absolute Gasteiger partial charge is 0.317 e. The molecule has 0 saturated carbocycles. The maximum absolute atomic E-state index is 12.4. The number of nitrogens with one attached hydrogen (secondary N) is 3. The fourth-order valence-corrected chi connectivity index (χ4v) is 7.54. The number of benzene rings is 3. The molecular formula is C38H45ClN8O. The van der Waals surface area contributed by atoms with E-state index < -0.39 is 0 Å². The van der Waals surface area contributed by atoms with Gasteiger partial charge in [0.05, 0.1) is 17.4 Å². The van der Waals surface area contributed by atoms with Crippen LogP contribution < -0.4 is 10.6 Å². The first-order chi connectivity index (χ1) is 23.3. The monoisotopic (exact) mass is 664 g/mol. The SMILES string of the molecule is CCN(CC)C(=O)N[C@H]1C=C2c3cccc4[nH]cc(c34)C[C@H]2N(C)C1.CN1CCN(C2=Nc3cc(Cl)ccc3Nc3ccccc32)CC1. The van der Waals surface area contributed by atoms with Gasteiger partial charge in [-0.05, 0) is 87.5 Å². The number of aliphatic imine (C=N–C) groups is 1. The number of fused-ring (bicyclic) bond motifs is 4. The molecular weight excluding hydrogens is 620 g/mol. The lowest BCUT2D eigenvalue weighted by atomic mass is 9.81. The fraction of sp³-hybridized carbons (Fsp3) is 0.368. The predicted octanol–water partition coefficient (Wildman–Crippen LogP) is 6.56. The Morgan fingerprint density at radius 2 is 1.75 bits per heavy atom. The van der Waals surface area contributed by atoms with E-state index in [4.69, 9.17) is 16.6 Å². The number of nitrogens with zero attached hydrogens (tertiary/aromatic N) is 5. The van der Waals surface area contributed by atoms with Crippen molar-refractivity contribution in [2.24, 2.45) is 4.99 Å². The van der Waals surface area contributed by atoms with Crippen LogP contribution in [0.3, 0.4) is 0 Å². The van der Waals surface area contributed by atoms with E-state index in [1.165, 1.54) is 27.6 Å². The number of amides is 2. The number of H-pyrrole nitrogens is 1. The summed E-state index contributed by atoms with van der Waals surface area (Å²) in [5, 5.41) is 8.74. The Morgan fingerprint density at radius 1 is 0.979 bits per heavy atom. The number of para-hydroxylation sites is 1. The molecule has 2 atom stereocenters. The van der Waals surface area contributed by atoms with Crippen molar-refractivity contribution in [1.82, 2.24) is 29.9 Å². The Kier molecular flexibility index (Phi) is 9.18. The van der Waals surface area contributed by atoms with E-state index in [2.05, 4.69) is 93.1 Å². The molecule has 48 heavy (non-hydrogen) atoms. The van der Waals surface area contributed by atoms with Crippen LogP contribution in [0.15, 0.2) is 77.9 Å². The third-order valence-corrected chi connectivity index (χ3v) is 10.3. The molecule has 0 unspecified atom stereocenters. The molecule has 1 saturated heterocycles. The summed E-state index contributed by atoms with van der Waals surface area (Å²) < 4.78 is 0. The van der Waals surface area contributed by atoms with Crippen molar-refractivity contribution < 1.29 is 4.79 Å². The maximum atomic E-state index is 12.4. The van der Waals surface area contributed by atoms with Crippen LogP contribution in [-0.2, 0) is 6.42 Å². The van der Waals surface area contributed by atoms with Gasteiger partial charge in [-0.1, -0.05) is 41.9 Å². The summed E-state index contributed by atoms with van der Waals surface area (Å²) >= 11 is 6.18. The lowest BCUT2D eigenvalue weighted by Crippen LogP contribution is -2.52. The van der Waals surface area contributed by atoms with Crippen molar-refractivity contribution in [3.63, 3.8) is 0 Å². The summed E-state index contributed by atoms with van der Waals surface area (Å²) in [4.78, 5) is 29.7. The maximum Gasteiger partial charge on any atom is 0.317 e. The Bertz CT molecular complexity index is 1870. The zero-order valence-corrected chi connectivity index (χ0v) is 29.0. The molecule has 10 heteroatoms. The number of piperazine rings is 1. The van der Waals surface area contributed by atoms with E-state index in [1.807, 2.05) is 43.0 Å². The van der Waals surface area contributed by atoms with Gasteiger partial charge in [0.15, 0.2) is 0 Å². The van der Waals surface area contributed by atoms with E-state index in [9.17, 15) is 4.79 Å². The molecule has 3 aromatic carbocycles. The molecule has 8 rings (SSSR count). The molecule has 1 fully saturated rings. The molecule has 4 heterocycles. The number of carbonyl (C=O) groups is 1. The van der Waals surface area contributed by atoms with Gasteiger partial charge in [-0.25, -0.2) is 9.79 Å². The predicted molar refractivity (Wildman–Crippen MR) is 198 cm³/mol. The minimum atomic E-state index is 0.0232. The molecule has 4 aliphatic rings. The molecule has 9 nitrogen and oxygen atoms in total. The zero-order chi connectivity index (χ0) is 33.4. The third-order valence-electron chi connectivity index (χ3n) is 10.1. The molecule has 4 aromatic rings. The highest BCUT2D eigenvalue weighted by Gasteiger charge is 2.34. The molecule has 3 aliphatic heterocycles. The van der Waals surface area contributed by atoms with E-state index >= 15 is 0 Å². The van der Waals surface area contributed by atoms with Gasteiger partial charge < -0.3 is 30.3 Å². The van der Waals surface area contributed by atoms with Crippen LogP contribution in [0, 0.1) is 0 Å². The van der Waals surface area contributed by atoms with Crippen molar-refractivity contribution in [2.45, 2.75) is 32.4 Å². The Balaban J connectivity index is 0.000000152. The second-order valence-electron chi connectivity index (χ2n) is 13.1. The highest BCUT2D eigenvalue weighted by Crippen LogP contribution is 2.40. The first-order valence-electron chi connectivity index (χ1n) is 17.1. The molecule has 0 spiro atoms. The van der Waals surface area contributed by atoms with Gasteiger partial charge in [-0.2, -0.15) is 0 Å². The van der Waals surface area contributed by atoms with Crippen LogP contribution in [0.1, 0.15) is 30.5 Å². The third kappa shape index (κ3) is 6.30. The minimum Gasteiger partial charge on any atom is -0.361 e. The number of anilines is 2. The summed E-state index contributed by atoms with van der Waals surface area (Å²) in [6.07, 6.45) is 5.44. The summed E-state index contributed by atoms with van der Waals surface area (Å²) in [5.41, 5.74) is 9.35. The van der Waals surface area contributed by atoms with Gasteiger partial charge in [0, 0.05) is 85.2 Å². The van der Waals surface area contributed by atoms with Crippen molar-refractivity contribution in [3.8, 4) is 0 Å². The number of halogens is 1. The number of aromatic amines is 1. The molecule has 2 amide bonds. The summed E-state index contributed by atoms with van der Waals surface area (Å²) in [6.45, 7) is 10.4. The summed E-state index contributed by atoms with van der Waals surface area (Å²) in [7, 11) is 4.32. The normalized spacial score (nSPS) is 20.1. The van der Waals surface area contributed by atoms with Crippen molar-refractivity contribution in [3.05, 3.63) is 94.6 Å². The van der Waals surface area contributed by atoms with Crippen LogP contribution in [0.4, 0.5) is 21.9 Å². The lowest BCUT2D eigenvalue weighted by molar-refractivity contribution is 0.193. The van der Waals surface area contributed by atoms with E-state index in [-0.39, 0.29) is 12.1 Å². The first-order valence-corrected chi connectivity index (χ1v) is 17.5. The van der Waals surface area contributed by atoms with Gasteiger partial charge >= 0.3 is 6.03 Å². The number of rotatable bonds is 3. The van der Waals surface area contributed by atoms with E-state index in [0.717, 1.165) is 80.7 Å². The van der Waals surface area contributed by atoms with E-state index in [0.29, 0.717) is 11.1 Å². The topological polar surface area (TPSA) is 82.2 Å². The van der Waals surface area contributed by atoms with Crippen LogP contribution in [-0.4, -0.2) is 108 Å². The van der Waals surface area contributed by atoms with Crippen LogP contribution in [0.5, 0.6) is 0 Å². The number of aromatic nitrogens is 1. The number of carbonyl (C=O) groups excluding carboxylic acids is 1. The van der Waals surface area contributed by atoms with Crippen molar-refractivity contribution in [1.29, 1.82) is 0 Å². The molecule has 3 N–H and O–H groups in total. The molecule has 1 aliphatic carbocycles. The highest BCUT2D eigenvalue weighted by molar-refractivity contribution is 6.31. The standard InChI is InChI=1S/C20H26N4O.C18H19ClN4/c1-4-24(5-2)20(25)22-14-10-16-15-7-6-8-17-19(15)13(11-21-17)9-18(16)23(3)12-14;1-22-8-10-23(11-9-22)18-14-4-2-3-5-15(14)20-16-7-6-13(19)12-17(16)21-18/h6-8,10-11,14,18,21H,4-5,9,12H2,1-3H3,(H,22,25);2-7,12,20H,8-11H2,1H3/t14-,18+;/m0./s1. The number of hydrogen-bond acceptors (Lipinski definition) is 6. The minimum absolute atomic E-state index is 0.0232. The van der Waals surface area contributed by atoms with E-state index in [1.54, 1.807) is 0 Å². The number of hydrogen-bond donors (Lipinski definition) is 3. The number of urea groups is 1. The molecule has 250 valence electrons. The lowest BCUT2D eigenvalue weighted by Gasteiger charge is -2.40. The quantitative estimate of drug-likeness (QED) is 0.231. The average Bonchev–Trinajstić information content (AvgIpc) is 3.43. The molecule has 0 bridgehead atoms. The Labute approximate surface area is 288 Å². The number of likely N-dealkylation sites (N-methyl/N-ethyl adjacent to an activating group) is 2. The molecule has 0 radical (unpaired) electrons. The van der Waals surface area contributed by atoms with Gasteiger partial charge in [0.2, 0.25) is 0 Å². The average molecular weight is 665 g/mol. The second kappa shape index (κ2) is 13.7. The van der Waals surface area contributed by atoms with Crippen molar-refractivity contribution in [2.75, 3.05) is 65.2 Å². The van der Waals surface area contributed by atoms with Gasteiger partial charge in [-0.15, -0.1) is 0 Å². The molecule has 1 aromatic heterocycles. The van der Waals surface area contributed by atoms with Gasteiger partial charge in [0.1, 0.15) is 5.84 Å². The Hall–Kier alpha value is -4.31. The van der Waals surface area contributed by atoms with Gasteiger partial charge in [-0.3, -0.25) is 4.90 Å². The number of amidine groups is 1. The van der Waals surface area contributed by atoms with Crippen molar-refractivity contribution >= 4 is 57.0 Å². The first kappa shape index (κ1) is 32.2.